The predicted octanol–water partition coefficient (Wildman–Crippen LogP) is 19.6. The molecule has 510 valence electrons. The van der Waals surface area contributed by atoms with Gasteiger partial charge in [-0.05, 0) is 230 Å². The standard InChI is InChI=1S/3C26H37O4P.Al/c3*1-8-18-15-21(25(2,3)4)13-14-23(18)29-31(27,28)30-24-19-11-9-10-12-20(24)17-22(16-19)26(5,6)7;/h3*13-17H,8-12H2,1-7H3,(H,27,28);/q;;;+3/p-3. The SMILES string of the molecule is CCc1cc(C(C)(C)C)ccc1OP(=O)([O-])Oc1c2cc(C(C)(C)C)cc1CCCC2.CCc1cc(C(C)(C)C)ccc1OP(=O)([O-])Oc1c2cc(C(C)(C)C)cc1CCCC2.CCc1cc(C(C)(C)C)ccc1OP(=O)([O-])Oc1c2cc(C(C)(C)C)cc1CCCC2.[Al+3]. The van der Waals surface area contributed by atoms with Crippen LogP contribution < -0.4 is 41.8 Å². The largest absolute Gasteiger partial charge is 3.00 e. The number of rotatable bonds is 15. The molecule has 3 aliphatic rings. The maximum absolute atomic E-state index is 12.9. The molecule has 0 saturated heterocycles. The summed E-state index contributed by atoms with van der Waals surface area (Å²) in [6.45, 7) is 44.7. The zero-order valence-corrected chi connectivity index (χ0v) is 64.4. The van der Waals surface area contributed by atoms with E-state index in [1.165, 1.54) is 16.7 Å². The zero-order chi connectivity index (χ0) is 69.1. The molecule has 94 heavy (non-hydrogen) atoms. The molecule has 0 radical (unpaired) electrons. The molecule has 0 aromatic heterocycles. The Morgan fingerprint density at radius 1 is 0.298 bits per heavy atom. The monoisotopic (exact) mass is 1360 g/mol. The van der Waals surface area contributed by atoms with Crippen molar-refractivity contribution in [1.82, 2.24) is 0 Å². The number of hydrogen-bond donors (Lipinski definition) is 0. The summed E-state index contributed by atoms with van der Waals surface area (Å²) < 4.78 is 72.2. The molecule has 0 fully saturated rings. The van der Waals surface area contributed by atoms with Crippen molar-refractivity contribution in [2.45, 2.75) is 274 Å². The third-order valence-corrected chi connectivity index (χ3v) is 20.4. The molecule has 6 aromatic rings. The fourth-order valence-corrected chi connectivity index (χ4v) is 14.7. The molecule has 3 aliphatic carbocycles. The van der Waals surface area contributed by atoms with Crippen LogP contribution in [0, 0.1) is 0 Å². The maximum atomic E-state index is 12.9. The van der Waals surface area contributed by atoms with Gasteiger partial charge >= 0.3 is 40.8 Å². The molecular formula is C78H108AlO12P3. The predicted molar refractivity (Wildman–Crippen MR) is 381 cm³/mol. The van der Waals surface area contributed by atoms with E-state index in [1.807, 2.05) is 57.2 Å². The summed E-state index contributed by atoms with van der Waals surface area (Å²) in [5, 5.41) is 0. The first-order valence-corrected chi connectivity index (χ1v) is 38.3. The number of phosphoric ester groups is 3. The summed E-state index contributed by atoms with van der Waals surface area (Å²) >= 11 is 0. The Morgan fingerprint density at radius 3 is 0.638 bits per heavy atom. The normalized spacial score (nSPS) is 16.2. The summed E-state index contributed by atoms with van der Waals surface area (Å²) in [6, 6.07) is 29.7. The van der Waals surface area contributed by atoms with Crippen molar-refractivity contribution in [3.05, 3.63) is 174 Å². The third-order valence-electron chi connectivity index (χ3n) is 17.9. The van der Waals surface area contributed by atoms with Gasteiger partial charge in [0.2, 0.25) is 0 Å². The Morgan fingerprint density at radius 2 is 0.479 bits per heavy atom. The number of hydrogen-bond acceptors (Lipinski definition) is 12. The minimum atomic E-state index is -4.59. The van der Waals surface area contributed by atoms with Crippen LogP contribution in [-0.2, 0) is 104 Å². The molecule has 6 bridgehead atoms. The average Bonchev–Trinajstić information content (AvgIpc) is 1.30. The molecule has 6 aromatic carbocycles. The zero-order valence-electron chi connectivity index (χ0n) is 60.6. The Kier molecular flexibility index (Phi) is 25.4. The van der Waals surface area contributed by atoms with Crippen LogP contribution in [0.4, 0.5) is 0 Å². The number of phosphoric acid groups is 3. The Hall–Kier alpha value is -4.78. The molecule has 16 heteroatoms. The van der Waals surface area contributed by atoms with Crippen molar-refractivity contribution in [2.24, 2.45) is 0 Å². The minimum Gasteiger partial charge on any atom is -0.736 e. The number of benzene rings is 6. The first kappa shape index (κ1) is 78.2. The van der Waals surface area contributed by atoms with Gasteiger partial charge in [-0.3, -0.25) is 0 Å². The van der Waals surface area contributed by atoms with Gasteiger partial charge in [-0.2, -0.15) is 0 Å². The first-order valence-electron chi connectivity index (χ1n) is 33.9. The Bertz CT molecular complexity index is 3300. The molecule has 0 spiro atoms. The molecule has 0 N–H and O–H groups in total. The molecule has 3 unspecified atom stereocenters. The second-order valence-electron chi connectivity index (χ2n) is 31.9. The van der Waals surface area contributed by atoms with Crippen LogP contribution in [0.2, 0.25) is 0 Å². The summed E-state index contributed by atoms with van der Waals surface area (Å²) in [7, 11) is -13.8. The van der Waals surface area contributed by atoms with Gasteiger partial charge in [-0.25, -0.2) is 13.7 Å². The van der Waals surface area contributed by atoms with Crippen molar-refractivity contribution in [3.63, 3.8) is 0 Å². The first-order chi connectivity index (χ1) is 42.9. The van der Waals surface area contributed by atoms with Gasteiger partial charge < -0.3 is 41.8 Å². The smallest absolute Gasteiger partial charge is 0.736 e. The molecule has 12 nitrogen and oxygen atoms in total. The summed E-state index contributed by atoms with van der Waals surface area (Å²) in [5.74, 6) is 2.43. The van der Waals surface area contributed by atoms with E-state index in [0.717, 1.165) is 144 Å². The van der Waals surface area contributed by atoms with Gasteiger partial charge in [-0.15, -0.1) is 0 Å². The third kappa shape index (κ3) is 21.1. The maximum Gasteiger partial charge on any atom is 3.00 e. The summed E-state index contributed by atoms with van der Waals surface area (Å²) in [6.07, 6.45) is 13.0. The fourth-order valence-electron chi connectivity index (χ4n) is 11.9. The van der Waals surface area contributed by atoms with Crippen LogP contribution in [0.15, 0.2) is 91.0 Å². The average molecular weight is 1360 g/mol. The van der Waals surface area contributed by atoms with Crippen molar-refractivity contribution >= 4 is 40.8 Å². The van der Waals surface area contributed by atoms with Gasteiger partial charge in [0, 0.05) is 0 Å². The fraction of sp³-hybridized carbons (Fsp3) is 0.538. The van der Waals surface area contributed by atoms with E-state index >= 15 is 0 Å². The van der Waals surface area contributed by atoms with E-state index in [0.29, 0.717) is 53.8 Å². The minimum absolute atomic E-state index is 0. The van der Waals surface area contributed by atoms with Crippen LogP contribution in [0.5, 0.6) is 34.5 Å². The van der Waals surface area contributed by atoms with Gasteiger partial charge in [0.05, 0.1) is 0 Å². The van der Waals surface area contributed by atoms with Gasteiger partial charge in [0.15, 0.2) is 0 Å². The second kappa shape index (κ2) is 30.5. The van der Waals surface area contributed by atoms with Crippen LogP contribution >= 0.6 is 23.5 Å². The molecule has 0 saturated carbocycles. The molecule has 0 aliphatic heterocycles. The number of aryl methyl sites for hydroxylation is 9. The van der Waals surface area contributed by atoms with E-state index in [-0.39, 0.29) is 49.9 Å². The van der Waals surface area contributed by atoms with E-state index < -0.39 is 23.5 Å². The van der Waals surface area contributed by atoms with Crippen molar-refractivity contribution in [3.8, 4) is 34.5 Å². The Labute approximate surface area is 576 Å². The molecular weight excluding hydrogens is 1250 g/mol. The molecule has 0 heterocycles. The van der Waals surface area contributed by atoms with Crippen molar-refractivity contribution in [1.29, 1.82) is 0 Å². The van der Waals surface area contributed by atoms with Crippen LogP contribution in [0.25, 0.3) is 0 Å². The topological polar surface area (TPSA) is 176 Å². The molecule has 0 amide bonds. The van der Waals surface area contributed by atoms with Crippen LogP contribution in [0.3, 0.4) is 0 Å². The van der Waals surface area contributed by atoms with E-state index in [4.69, 9.17) is 27.1 Å². The van der Waals surface area contributed by atoms with E-state index in [2.05, 4.69) is 161 Å². The summed E-state index contributed by atoms with van der Waals surface area (Å²) in [5.41, 5.74) is 15.3. The quantitative estimate of drug-likeness (QED) is 0.0703. The van der Waals surface area contributed by atoms with Gasteiger partial charge in [0.1, 0.15) is 34.5 Å². The van der Waals surface area contributed by atoms with E-state index in [9.17, 15) is 28.4 Å². The van der Waals surface area contributed by atoms with Gasteiger partial charge in [0.25, 0.3) is 0 Å². The van der Waals surface area contributed by atoms with Crippen molar-refractivity contribution < 1.29 is 55.5 Å². The second-order valence-corrected chi connectivity index (χ2v) is 35.7. The summed E-state index contributed by atoms with van der Waals surface area (Å²) in [4.78, 5) is 38.8. The van der Waals surface area contributed by atoms with Crippen LogP contribution in [0.1, 0.15) is 267 Å². The Balaban J connectivity index is 0.000000222. The van der Waals surface area contributed by atoms with Crippen molar-refractivity contribution in [2.75, 3.05) is 0 Å². The molecule has 9 rings (SSSR count). The van der Waals surface area contributed by atoms with Crippen LogP contribution in [-0.4, -0.2) is 17.4 Å². The van der Waals surface area contributed by atoms with Gasteiger partial charge in [-0.1, -0.05) is 218 Å². The van der Waals surface area contributed by atoms with E-state index in [1.54, 1.807) is 18.2 Å². The number of fused-ring (bicyclic) bond motifs is 6. The molecule has 3 atom stereocenters.